The number of ether oxygens (including phenoxy) is 1. The van der Waals surface area contributed by atoms with Gasteiger partial charge in [-0.2, -0.15) is 0 Å². The Labute approximate surface area is 109 Å². The number of hydrogen-bond donors (Lipinski definition) is 1. The molecule has 4 heteroatoms. The summed E-state index contributed by atoms with van der Waals surface area (Å²) in [4.78, 5) is 14.1. The zero-order valence-electron chi connectivity index (χ0n) is 11.3. The van der Waals surface area contributed by atoms with Crippen LogP contribution in [-0.2, 0) is 9.53 Å². The third-order valence-corrected chi connectivity index (χ3v) is 3.15. The lowest BCUT2D eigenvalue weighted by molar-refractivity contribution is -0.134. The minimum Gasteiger partial charge on any atom is -0.383 e. The third-order valence-electron chi connectivity index (χ3n) is 3.15. The number of amides is 1. The van der Waals surface area contributed by atoms with Crippen LogP contribution in [0.25, 0.3) is 0 Å². The van der Waals surface area contributed by atoms with Crippen molar-refractivity contribution in [3.05, 3.63) is 35.9 Å². The molecule has 4 nitrogen and oxygen atoms in total. The molecule has 1 amide bonds. The van der Waals surface area contributed by atoms with Gasteiger partial charge in [0.15, 0.2) is 0 Å². The molecule has 0 fully saturated rings. The summed E-state index contributed by atoms with van der Waals surface area (Å²) in [5.74, 6) is -0.247. The van der Waals surface area contributed by atoms with Gasteiger partial charge in [0.05, 0.1) is 18.6 Å². The van der Waals surface area contributed by atoms with Crippen molar-refractivity contribution >= 4 is 5.91 Å². The van der Waals surface area contributed by atoms with E-state index in [1.54, 1.807) is 19.1 Å². The average Bonchev–Trinajstić information content (AvgIpc) is 2.40. The molecule has 2 atom stereocenters. The molecule has 100 valence electrons. The summed E-state index contributed by atoms with van der Waals surface area (Å²) in [6.07, 6.45) is 0. The van der Waals surface area contributed by atoms with Crippen LogP contribution < -0.4 is 5.73 Å². The molecule has 0 aliphatic rings. The number of hydrogen-bond acceptors (Lipinski definition) is 3. The summed E-state index contributed by atoms with van der Waals surface area (Å²) in [7, 11) is 3.42. The Hall–Kier alpha value is -1.39. The first-order valence-electron chi connectivity index (χ1n) is 6.12. The molecule has 0 saturated carbocycles. The van der Waals surface area contributed by atoms with Gasteiger partial charge in [-0.25, -0.2) is 0 Å². The first-order valence-corrected chi connectivity index (χ1v) is 6.12. The van der Waals surface area contributed by atoms with Crippen LogP contribution in [0.1, 0.15) is 18.4 Å². The lowest BCUT2D eigenvalue weighted by Gasteiger charge is -2.28. The molecule has 1 aromatic rings. The largest absolute Gasteiger partial charge is 0.383 e. The molecule has 0 aromatic heterocycles. The molecule has 0 aliphatic carbocycles. The Kier molecular flexibility index (Phi) is 5.82. The van der Waals surface area contributed by atoms with Crippen LogP contribution in [0.15, 0.2) is 30.3 Å². The highest BCUT2D eigenvalue weighted by Crippen LogP contribution is 2.17. The second-order valence-corrected chi connectivity index (χ2v) is 4.45. The minimum atomic E-state index is -0.282. The van der Waals surface area contributed by atoms with Gasteiger partial charge < -0.3 is 15.4 Å². The Bertz CT molecular complexity index is 367. The second-order valence-electron chi connectivity index (χ2n) is 4.45. The topological polar surface area (TPSA) is 55.6 Å². The number of likely N-dealkylation sites (N-methyl/N-ethyl adjacent to an activating group) is 1. The average molecular weight is 250 g/mol. The SMILES string of the molecule is COCC(C)N(C)C(=O)C(CN)c1ccccc1. The molecule has 2 unspecified atom stereocenters. The zero-order chi connectivity index (χ0) is 13.5. The van der Waals surface area contributed by atoms with E-state index in [0.717, 1.165) is 5.56 Å². The van der Waals surface area contributed by atoms with Crippen LogP contribution in [0.2, 0.25) is 0 Å². The predicted octanol–water partition coefficient (Wildman–Crippen LogP) is 1.22. The fourth-order valence-electron chi connectivity index (χ4n) is 1.88. The van der Waals surface area contributed by atoms with Crippen LogP contribution in [0.3, 0.4) is 0 Å². The lowest BCUT2D eigenvalue weighted by atomic mass is 9.97. The van der Waals surface area contributed by atoms with Gasteiger partial charge in [0.1, 0.15) is 0 Å². The van der Waals surface area contributed by atoms with Crippen molar-refractivity contribution < 1.29 is 9.53 Å². The highest BCUT2D eigenvalue weighted by Gasteiger charge is 2.25. The maximum Gasteiger partial charge on any atom is 0.231 e. The van der Waals surface area contributed by atoms with Gasteiger partial charge in [-0.1, -0.05) is 30.3 Å². The van der Waals surface area contributed by atoms with Crippen LogP contribution in [0, 0.1) is 0 Å². The first-order chi connectivity index (χ1) is 8.61. The molecule has 0 spiro atoms. The molecule has 0 saturated heterocycles. The van der Waals surface area contributed by atoms with Crippen LogP contribution >= 0.6 is 0 Å². The molecule has 0 bridgehead atoms. The monoisotopic (exact) mass is 250 g/mol. The summed E-state index contributed by atoms with van der Waals surface area (Å²) in [6, 6.07) is 9.68. The molecule has 18 heavy (non-hydrogen) atoms. The summed E-state index contributed by atoms with van der Waals surface area (Å²) in [6.45, 7) is 2.79. The first kappa shape index (κ1) is 14.7. The number of methoxy groups -OCH3 is 1. The van der Waals surface area contributed by atoms with E-state index < -0.39 is 0 Å². The van der Waals surface area contributed by atoms with Gasteiger partial charge in [0.25, 0.3) is 0 Å². The summed E-state index contributed by atoms with van der Waals surface area (Å²) in [5, 5.41) is 0. The van der Waals surface area contributed by atoms with Gasteiger partial charge >= 0.3 is 0 Å². The summed E-state index contributed by atoms with van der Waals surface area (Å²) < 4.78 is 5.07. The lowest BCUT2D eigenvalue weighted by Crippen LogP contribution is -2.42. The minimum absolute atomic E-state index is 0.0354. The van der Waals surface area contributed by atoms with E-state index in [9.17, 15) is 4.79 Å². The molecular weight excluding hydrogens is 228 g/mol. The molecule has 0 aliphatic heterocycles. The second kappa shape index (κ2) is 7.13. The van der Waals surface area contributed by atoms with Crippen LogP contribution in [-0.4, -0.2) is 44.2 Å². The number of benzene rings is 1. The Morgan fingerprint density at radius 2 is 2.00 bits per heavy atom. The van der Waals surface area contributed by atoms with Crippen molar-refractivity contribution in [2.75, 3.05) is 27.3 Å². The number of carbonyl (C=O) groups excluding carboxylic acids is 1. The van der Waals surface area contributed by atoms with Crippen LogP contribution in [0.5, 0.6) is 0 Å². The van der Waals surface area contributed by atoms with Gasteiger partial charge in [-0.15, -0.1) is 0 Å². The molecule has 0 heterocycles. The molecule has 0 radical (unpaired) electrons. The molecule has 1 rings (SSSR count). The van der Waals surface area contributed by atoms with Crippen molar-refractivity contribution in [1.82, 2.24) is 4.90 Å². The number of nitrogens with two attached hydrogens (primary N) is 1. The van der Waals surface area contributed by atoms with Crippen LogP contribution in [0.4, 0.5) is 0 Å². The fraction of sp³-hybridized carbons (Fsp3) is 0.500. The van der Waals surface area contributed by atoms with E-state index in [4.69, 9.17) is 10.5 Å². The third kappa shape index (κ3) is 3.55. The van der Waals surface area contributed by atoms with E-state index in [0.29, 0.717) is 13.2 Å². The normalized spacial score (nSPS) is 14.0. The Balaban J connectivity index is 2.80. The highest BCUT2D eigenvalue weighted by molar-refractivity contribution is 5.84. The standard InChI is InChI=1S/C14H22N2O2/c1-11(10-18-3)16(2)14(17)13(9-15)12-7-5-4-6-8-12/h4-8,11,13H,9-10,15H2,1-3H3. The van der Waals surface area contributed by atoms with E-state index in [2.05, 4.69) is 0 Å². The van der Waals surface area contributed by atoms with E-state index >= 15 is 0 Å². The smallest absolute Gasteiger partial charge is 0.231 e. The summed E-state index contributed by atoms with van der Waals surface area (Å²) in [5.41, 5.74) is 6.70. The number of carbonyl (C=O) groups is 1. The van der Waals surface area contributed by atoms with Gasteiger partial charge in [-0.3, -0.25) is 4.79 Å². The predicted molar refractivity (Wildman–Crippen MR) is 72.3 cm³/mol. The van der Waals surface area contributed by atoms with Crippen molar-refractivity contribution in [3.63, 3.8) is 0 Å². The van der Waals surface area contributed by atoms with Gasteiger partial charge in [-0.05, 0) is 12.5 Å². The van der Waals surface area contributed by atoms with Crippen molar-refractivity contribution in [2.45, 2.75) is 18.9 Å². The highest BCUT2D eigenvalue weighted by atomic mass is 16.5. The van der Waals surface area contributed by atoms with Crippen molar-refractivity contribution in [3.8, 4) is 0 Å². The van der Waals surface area contributed by atoms with E-state index in [1.807, 2.05) is 37.3 Å². The van der Waals surface area contributed by atoms with Crippen molar-refractivity contribution in [1.29, 1.82) is 0 Å². The quantitative estimate of drug-likeness (QED) is 0.826. The maximum atomic E-state index is 12.4. The summed E-state index contributed by atoms with van der Waals surface area (Å²) >= 11 is 0. The van der Waals surface area contributed by atoms with E-state index in [1.165, 1.54) is 0 Å². The maximum absolute atomic E-state index is 12.4. The van der Waals surface area contributed by atoms with E-state index in [-0.39, 0.29) is 17.9 Å². The molecule has 1 aromatic carbocycles. The van der Waals surface area contributed by atoms with Crippen molar-refractivity contribution in [2.24, 2.45) is 5.73 Å². The Morgan fingerprint density at radius 1 is 1.39 bits per heavy atom. The Morgan fingerprint density at radius 3 is 2.50 bits per heavy atom. The van der Waals surface area contributed by atoms with Gasteiger partial charge in [0.2, 0.25) is 5.91 Å². The van der Waals surface area contributed by atoms with Gasteiger partial charge in [0, 0.05) is 20.7 Å². The molecular formula is C14H22N2O2. The zero-order valence-corrected chi connectivity index (χ0v) is 11.3. The fourth-order valence-corrected chi connectivity index (χ4v) is 1.88. The number of rotatable bonds is 6. The molecule has 2 N–H and O–H groups in total. The number of nitrogens with zero attached hydrogens (tertiary/aromatic N) is 1.